The zero-order chi connectivity index (χ0) is 12.3. The van der Waals surface area contributed by atoms with Crippen LogP contribution in [0.5, 0.6) is 0 Å². The summed E-state index contributed by atoms with van der Waals surface area (Å²) in [6.45, 7) is 8.28. The molecule has 16 heavy (non-hydrogen) atoms. The summed E-state index contributed by atoms with van der Waals surface area (Å²) in [5.74, 6) is 2.89. The zero-order valence-corrected chi connectivity index (χ0v) is 10.6. The van der Waals surface area contributed by atoms with Gasteiger partial charge in [0.2, 0.25) is 0 Å². The Kier molecular flexibility index (Phi) is 3.85. The van der Waals surface area contributed by atoms with Crippen molar-refractivity contribution in [3.05, 3.63) is 0 Å². The number of carbonyl (C=O) groups is 1. The summed E-state index contributed by atoms with van der Waals surface area (Å²) >= 11 is 0. The fraction of sp³-hybridized carbons (Fsp3) is 0.769. The van der Waals surface area contributed by atoms with Gasteiger partial charge >= 0.3 is 6.09 Å². The first kappa shape index (κ1) is 12.9. The molecule has 1 aliphatic rings. The van der Waals surface area contributed by atoms with E-state index in [0.717, 1.165) is 12.8 Å². The van der Waals surface area contributed by atoms with Crippen LogP contribution in [0.15, 0.2) is 0 Å². The normalized spacial score (nSPS) is 26.1. The maximum Gasteiger partial charge on any atom is 0.410 e. The number of likely N-dealkylation sites (tertiary alicyclic amines) is 1. The molecule has 0 unspecified atom stereocenters. The molecule has 1 saturated heterocycles. The van der Waals surface area contributed by atoms with Crippen LogP contribution in [0.4, 0.5) is 4.79 Å². The Balaban J connectivity index is 2.63. The molecule has 3 heteroatoms. The lowest BCUT2D eigenvalue weighted by atomic mass is 9.94. The average Bonchev–Trinajstić information content (AvgIpc) is 2.15. The topological polar surface area (TPSA) is 29.5 Å². The van der Waals surface area contributed by atoms with Crippen molar-refractivity contribution in [2.75, 3.05) is 6.54 Å². The molecule has 1 heterocycles. The van der Waals surface area contributed by atoms with E-state index < -0.39 is 5.60 Å². The molecule has 0 N–H and O–H groups in total. The highest BCUT2D eigenvalue weighted by Crippen LogP contribution is 2.23. The molecule has 1 aliphatic heterocycles. The molecule has 1 fully saturated rings. The van der Waals surface area contributed by atoms with Crippen LogP contribution in [-0.2, 0) is 4.74 Å². The average molecular weight is 223 g/mol. The van der Waals surface area contributed by atoms with Gasteiger partial charge in [0.15, 0.2) is 0 Å². The van der Waals surface area contributed by atoms with Gasteiger partial charge in [-0.2, -0.15) is 0 Å². The van der Waals surface area contributed by atoms with E-state index in [-0.39, 0.29) is 18.1 Å². The minimum atomic E-state index is -0.445. The first-order chi connectivity index (χ1) is 7.33. The summed E-state index contributed by atoms with van der Waals surface area (Å²) in [5.41, 5.74) is -0.445. The van der Waals surface area contributed by atoms with Gasteiger partial charge in [0.1, 0.15) is 5.60 Å². The van der Waals surface area contributed by atoms with E-state index in [1.165, 1.54) is 0 Å². The Hall–Kier alpha value is -1.17. The zero-order valence-electron chi connectivity index (χ0n) is 10.6. The molecule has 1 rings (SSSR count). The summed E-state index contributed by atoms with van der Waals surface area (Å²) in [6, 6.07) is 0.222. The number of hydrogen-bond acceptors (Lipinski definition) is 2. The fourth-order valence-electron chi connectivity index (χ4n) is 1.82. The van der Waals surface area contributed by atoms with Crippen LogP contribution < -0.4 is 0 Å². The van der Waals surface area contributed by atoms with Crippen molar-refractivity contribution in [1.29, 1.82) is 0 Å². The van der Waals surface area contributed by atoms with Gasteiger partial charge in [0, 0.05) is 18.5 Å². The Bertz CT molecular complexity index is 298. The molecule has 0 bridgehead atoms. The first-order valence-electron chi connectivity index (χ1n) is 5.79. The van der Waals surface area contributed by atoms with E-state index >= 15 is 0 Å². The molecule has 90 valence electrons. The molecule has 0 radical (unpaired) electrons. The third-order valence-corrected chi connectivity index (χ3v) is 2.75. The number of rotatable bonds is 0. The third kappa shape index (κ3) is 3.44. The van der Waals surface area contributed by atoms with Gasteiger partial charge in [-0.05, 0) is 40.5 Å². The molecule has 2 atom stereocenters. The highest BCUT2D eigenvalue weighted by Gasteiger charge is 2.31. The van der Waals surface area contributed by atoms with Crippen LogP contribution in [0, 0.1) is 18.3 Å². The van der Waals surface area contributed by atoms with Crippen molar-refractivity contribution >= 4 is 6.09 Å². The molecular formula is C13H21NO2. The van der Waals surface area contributed by atoms with Gasteiger partial charge in [-0.1, -0.05) is 0 Å². The van der Waals surface area contributed by atoms with Gasteiger partial charge < -0.3 is 9.64 Å². The van der Waals surface area contributed by atoms with Gasteiger partial charge in [-0.15, -0.1) is 12.3 Å². The second-order valence-electron chi connectivity index (χ2n) is 5.42. The number of ether oxygens (including phenoxy) is 1. The Morgan fingerprint density at radius 3 is 2.56 bits per heavy atom. The largest absolute Gasteiger partial charge is 0.444 e. The maximum absolute atomic E-state index is 11.9. The standard InChI is InChI=1S/C13H21NO2/c1-6-11-8-7-10(2)14(9-11)12(15)16-13(3,4)5/h1,10-11H,7-9H2,2-5H3/t10-,11-/m1/s1. The van der Waals surface area contributed by atoms with Gasteiger partial charge in [-0.3, -0.25) is 0 Å². The number of terminal acetylenes is 1. The van der Waals surface area contributed by atoms with Crippen LogP contribution >= 0.6 is 0 Å². The molecule has 0 spiro atoms. The Morgan fingerprint density at radius 1 is 1.44 bits per heavy atom. The summed E-state index contributed by atoms with van der Waals surface area (Å²) in [6.07, 6.45) is 7.11. The number of nitrogens with zero attached hydrogens (tertiary/aromatic N) is 1. The first-order valence-corrected chi connectivity index (χ1v) is 5.79. The highest BCUT2D eigenvalue weighted by atomic mass is 16.6. The van der Waals surface area contributed by atoms with E-state index in [1.807, 2.05) is 27.7 Å². The van der Waals surface area contributed by atoms with Crippen molar-refractivity contribution < 1.29 is 9.53 Å². The molecule has 0 aliphatic carbocycles. The van der Waals surface area contributed by atoms with Crippen LogP contribution in [0.25, 0.3) is 0 Å². The minimum absolute atomic E-state index is 0.170. The fourth-order valence-corrected chi connectivity index (χ4v) is 1.82. The molecule has 0 aromatic carbocycles. The van der Waals surface area contributed by atoms with Crippen LogP contribution in [0.3, 0.4) is 0 Å². The van der Waals surface area contributed by atoms with Gasteiger partial charge in [0.05, 0.1) is 0 Å². The molecular weight excluding hydrogens is 202 g/mol. The molecule has 3 nitrogen and oxygen atoms in total. The van der Waals surface area contributed by atoms with Gasteiger partial charge in [0.25, 0.3) is 0 Å². The van der Waals surface area contributed by atoms with E-state index in [0.29, 0.717) is 6.54 Å². The summed E-state index contributed by atoms with van der Waals surface area (Å²) < 4.78 is 5.36. The second kappa shape index (κ2) is 4.78. The lowest BCUT2D eigenvalue weighted by Crippen LogP contribution is -2.47. The smallest absolute Gasteiger partial charge is 0.410 e. The van der Waals surface area contributed by atoms with E-state index in [9.17, 15) is 4.79 Å². The van der Waals surface area contributed by atoms with Crippen molar-refractivity contribution in [2.24, 2.45) is 5.92 Å². The van der Waals surface area contributed by atoms with Crippen LogP contribution in [-0.4, -0.2) is 29.2 Å². The summed E-state index contributed by atoms with van der Waals surface area (Å²) in [5, 5.41) is 0. The monoisotopic (exact) mass is 223 g/mol. The van der Waals surface area contributed by atoms with Crippen molar-refractivity contribution in [1.82, 2.24) is 4.90 Å². The number of carbonyl (C=O) groups excluding carboxylic acids is 1. The predicted octanol–water partition coefficient (Wildman–Crippen LogP) is 2.66. The predicted molar refractivity (Wildman–Crippen MR) is 64.0 cm³/mol. The van der Waals surface area contributed by atoms with E-state index in [2.05, 4.69) is 5.92 Å². The maximum atomic E-state index is 11.9. The molecule has 1 amide bonds. The van der Waals surface area contributed by atoms with Crippen molar-refractivity contribution in [2.45, 2.75) is 52.2 Å². The van der Waals surface area contributed by atoms with E-state index in [4.69, 9.17) is 11.2 Å². The van der Waals surface area contributed by atoms with Crippen LogP contribution in [0.1, 0.15) is 40.5 Å². The Labute approximate surface area is 98.1 Å². The second-order valence-corrected chi connectivity index (χ2v) is 5.42. The minimum Gasteiger partial charge on any atom is -0.444 e. The van der Waals surface area contributed by atoms with Crippen molar-refractivity contribution in [3.63, 3.8) is 0 Å². The Morgan fingerprint density at radius 2 is 2.06 bits per heavy atom. The quantitative estimate of drug-likeness (QED) is 0.591. The summed E-state index contributed by atoms with van der Waals surface area (Å²) in [4.78, 5) is 13.7. The third-order valence-electron chi connectivity index (χ3n) is 2.75. The molecule has 0 saturated carbocycles. The van der Waals surface area contributed by atoms with E-state index in [1.54, 1.807) is 4.90 Å². The number of piperidine rings is 1. The molecule has 0 aromatic rings. The van der Waals surface area contributed by atoms with Crippen LogP contribution in [0.2, 0.25) is 0 Å². The summed E-state index contributed by atoms with van der Waals surface area (Å²) in [7, 11) is 0. The van der Waals surface area contributed by atoms with Crippen molar-refractivity contribution in [3.8, 4) is 12.3 Å². The van der Waals surface area contributed by atoms with Gasteiger partial charge in [-0.25, -0.2) is 4.79 Å². The number of amides is 1. The highest BCUT2D eigenvalue weighted by molar-refractivity contribution is 5.68. The lowest BCUT2D eigenvalue weighted by molar-refractivity contribution is 0.00862. The number of hydrogen-bond donors (Lipinski definition) is 0. The molecule has 0 aromatic heterocycles. The lowest BCUT2D eigenvalue weighted by Gasteiger charge is -2.37. The SMILES string of the molecule is C#C[C@@H]1CC[C@@H](C)N(C(=O)OC(C)(C)C)C1.